The Morgan fingerprint density at radius 3 is 2.67 bits per heavy atom. The van der Waals surface area contributed by atoms with Gasteiger partial charge in [-0.25, -0.2) is 4.39 Å². The van der Waals surface area contributed by atoms with Gasteiger partial charge in [-0.3, -0.25) is 0 Å². The molecule has 1 aliphatic heterocycles. The Bertz CT molecular complexity index is 221. The highest BCUT2D eigenvalue weighted by Crippen LogP contribution is 2.32. The lowest BCUT2D eigenvalue weighted by Gasteiger charge is -2.37. The third-order valence-electron chi connectivity index (χ3n) is 3.28. The summed E-state index contributed by atoms with van der Waals surface area (Å²) in [6.07, 6.45) is 6.20. The Labute approximate surface area is 93.3 Å². The van der Waals surface area contributed by atoms with Gasteiger partial charge in [-0.05, 0) is 32.4 Å². The Kier molecular flexibility index (Phi) is 4.18. The number of halogens is 1. The van der Waals surface area contributed by atoms with Crippen molar-refractivity contribution < 1.29 is 4.39 Å². The summed E-state index contributed by atoms with van der Waals surface area (Å²) >= 11 is 0. The first kappa shape index (κ1) is 12.5. The second-order valence-corrected chi connectivity index (χ2v) is 5.26. The zero-order valence-corrected chi connectivity index (χ0v) is 10.5. The third-order valence-corrected chi connectivity index (χ3v) is 3.28. The molecule has 15 heavy (non-hydrogen) atoms. The summed E-state index contributed by atoms with van der Waals surface area (Å²) in [6, 6.07) is 0. The average Bonchev–Trinajstić information content (AvgIpc) is 2.14. The molecule has 1 nitrogen and oxygen atoms in total. The Balaban J connectivity index is 2.56. The first-order valence-electron chi connectivity index (χ1n) is 6.07. The van der Waals surface area contributed by atoms with E-state index in [1.165, 1.54) is 0 Å². The molecule has 0 aromatic rings. The lowest BCUT2D eigenvalue weighted by molar-refractivity contribution is 0.0702. The van der Waals surface area contributed by atoms with Crippen molar-refractivity contribution in [1.82, 2.24) is 4.90 Å². The van der Waals surface area contributed by atoms with E-state index >= 15 is 0 Å². The molecule has 0 radical (unpaired) electrons. The van der Waals surface area contributed by atoms with E-state index in [0.717, 1.165) is 19.4 Å². The second kappa shape index (κ2) is 5.00. The minimum atomic E-state index is -1.06. The summed E-state index contributed by atoms with van der Waals surface area (Å²) in [4.78, 5) is 2.05. The van der Waals surface area contributed by atoms with E-state index in [-0.39, 0.29) is 5.92 Å². The van der Waals surface area contributed by atoms with E-state index in [1.807, 2.05) is 4.90 Å². The van der Waals surface area contributed by atoms with E-state index in [1.54, 1.807) is 6.92 Å². The van der Waals surface area contributed by atoms with Crippen molar-refractivity contribution in [3.63, 3.8) is 0 Å². The number of allylic oxidation sites excluding steroid dienone is 1. The van der Waals surface area contributed by atoms with Crippen LogP contribution in [0.4, 0.5) is 4.39 Å². The molecule has 0 bridgehead atoms. The quantitative estimate of drug-likeness (QED) is 0.689. The van der Waals surface area contributed by atoms with Gasteiger partial charge in [0.2, 0.25) is 0 Å². The first-order valence-corrected chi connectivity index (χ1v) is 6.07. The van der Waals surface area contributed by atoms with Gasteiger partial charge in [0.05, 0.1) is 6.54 Å². The van der Waals surface area contributed by atoms with Crippen LogP contribution < -0.4 is 0 Å². The van der Waals surface area contributed by atoms with Crippen LogP contribution >= 0.6 is 0 Å². The lowest BCUT2D eigenvalue weighted by atomic mass is 9.83. The topological polar surface area (TPSA) is 3.24 Å². The fraction of sp³-hybridized carbons (Fsp3) is 0.846. The molecule has 0 N–H and O–H groups in total. The van der Waals surface area contributed by atoms with Crippen LogP contribution in [0.5, 0.6) is 0 Å². The number of rotatable bonds is 4. The highest BCUT2D eigenvalue weighted by atomic mass is 19.1. The smallest absolute Gasteiger partial charge is 0.131 e. The maximum atomic E-state index is 14.3. The maximum Gasteiger partial charge on any atom is 0.131 e. The van der Waals surface area contributed by atoms with Crippen LogP contribution in [0.25, 0.3) is 0 Å². The van der Waals surface area contributed by atoms with Crippen molar-refractivity contribution in [1.29, 1.82) is 0 Å². The van der Waals surface area contributed by atoms with Crippen LogP contribution in [0.15, 0.2) is 12.3 Å². The van der Waals surface area contributed by atoms with Crippen molar-refractivity contribution >= 4 is 0 Å². The van der Waals surface area contributed by atoms with Gasteiger partial charge in [0, 0.05) is 12.5 Å². The van der Waals surface area contributed by atoms with E-state index in [4.69, 9.17) is 0 Å². The van der Waals surface area contributed by atoms with Gasteiger partial charge in [0.15, 0.2) is 0 Å². The maximum absolute atomic E-state index is 14.3. The summed E-state index contributed by atoms with van der Waals surface area (Å²) in [5.41, 5.74) is -1.06. The summed E-state index contributed by atoms with van der Waals surface area (Å²) in [7, 11) is 0. The van der Waals surface area contributed by atoms with Crippen LogP contribution in [0.2, 0.25) is 0 Å². The van der Waals surface area contributed by atoms with Crippen molar-refractivity contribution in [2.45, 2.75) is 46.2 Å². The molecule has 1 rings (SSSR count). The molecule has 0 aromatic carbocycles. The minimum Gasteiger partial charge on any atom is -0.375 e. The van der Waals surface area contributed by atoms with E-state index in [0.29, 0.717) is 12.5 Å². The Morgan fingerprint density at radius 1 is 1.53 bits per heavy atom. The zero-order valence-electron chi connectivity index (χ0n) is 10.5. The molecule has 88 valence electrons. The summed E-state index contributed by atoms with van der Waals surface area (Å²) in [5.74, 6) is 0.765. The van der Waals surface area contributed by atoms with Crippen LogP contribution in [0, 0.1) is 11.8 Å². The molecule has 0 fully saturated rings. The largest absolute Gasteiger partial charge is 0.375 e. The first-order chi connectivity index (χ1) is 6.95. The average molecular weight is 213 g/mol. The standard InChI is InChI=1S/C13H24FN/c1-5-15-9-8-12(7-6-11(2)3)13(4,14)10-15/h8-9,11-12H,5-7,10H2,1-4H3. The van der Waals surface area contributed by atoms with Crippen LogP contribution in [-0.4, -0.2) is 23.7 Å². The molecule has 1 aliphatic rings. The second-order valence-electron chi connectivity index (χ2n) is 5.26. The SMILES string of the molecule is CCN1C=CC(CCC(C)C)C(C)(F)C1. The molecule has 2 heteroatoms. The van der Waals surface area contributed by atoms with Crippen LogP contribution in [0.3, 0.4) is 0 Å². The number of nitrogens with zero attached hydrogens (tertiary/aromatic N) is 1. The van der Waals surface area contributed by atoms with E-state index in [2.05, 4.69) is 33.0 Å². The molecule has 2 unspecified atom stereocenters. The molecular formula is C13H24FN. The lowest BCUT2D eigenvalue weighted by Crippen LogP contribution is -2.43. The fourth-order valence-electron chi connectivity index (χ4n) is 2.12. The van der Waals surface area contributed by atoms with E-state index in [9.17, 15) is 4.39 Å². The predicted octanol–water partition coefficient (Wildman–Crippen LogP) is 3.62. The Morgan fingerprint density at radius 2 is 2.20 bits per heavy atom. The van der Waals surface area contributed by atoms with Gasteiger partial charge in [0.1, 0.15) is 5.67 Å². The molecule has 2 atom stereocenters. The molecule has 0 aliphatic carbocycles. The number of hydrogen-bond donors (Lipinski definition) is 0. The Hall–Kier alpha value is -0.530. The predicted molar refractivity (Wildman–Crippen MR) is 63.5 cm³/mol. The van der Waals surface area contributed by atoms with Gasteiger partial charge in [0.25, 0.3) is 0 Å². The van der Waals surface area contributed by atoms with Crippen molar-refractivity contribution in [3.05, 3.63) is 12.3 Å². The third kappa shape index (κ3) is 3.51. The molecule has 0 saturated carbocycles. The van der Waals surface area contributed by atoms with Gasteiger partial charge in [-0.2, -0.15) is 0 Å². The highest BCUT2D eigenvalue weighted by Gasteiger charge is 2.36. The number of hydrogen-bond acceptors (Lipinski definition) is 1. The molecular weight excluding hydrogens is 189 g/mol. The molecule has 0 spiro atoms. The zero-order chi connectivity index (χ0) is 11.5. The highest BCUT2D eigenvalue weighted by molar-refractivity contribution is 5.04. The number of alkyl halides is 1. The van der Waals surface area contributed by atoms with Gasteiger partial charge < -0.3 is 4.90 Å². The van der Waals surface area contributed by atoms with Gasteiger partial charge >= 0.3 is 0 Å². The summed E-state index contributed by atoms with van der Waals surface area (Å²) < 4.78 is 14.3. The van der Waals surface area contributed by atoms with Crippen molar-refractivity contribution in [2.24, 2.45) is 11.8 Å². The van der Waals surface area contributed by atoms with Crippen LogP contribution in [0.1, 0.15) is 40.5 Å². The van der Waals surface area contributed by atoms with Crippen molar-refractivity contribution in [3.8, 4) is 0 Å². The molecule has 0 saturated heterocycles. The van der Waals surface area contributed by atoms with Gasteiger partial charge in [-0.1, -0.05) is 26.3 Å². The summed E-state index contributed by atoms with van der Waals surface area (Å²) in [5, 5.41) is 0. The molecule has 0 aromatic heterocycles. The monoisotopic (exact) mass is 213 g/mol. The van der Waals surface area contributed by atoms with Crippen LogP contribution in [-0.2, 0) is 0 Å². The minimum absolute atomic E-state index is 0.0997. The van der Waals surface area contributed by atoms with E-state index < -0.39 is 5.67 Å². The normalized spacial score (nSPS) is 31.3. The van der Waals surface area contributed by atoms with Gasteiger partial charge in [-0.15, -0.1) is 0 Å². The fourth-order valence-corrected chi connectivity index (χ4v) is 2.12. The molecule has 1 heterocycles. The van der Waals surface area contributed by atoms with Crippen molar-refractivity contribution in [2.75, 3.05) is 13.1 Å². The molecule has 0 amide bonds. The summed E-state index contributed by atoms with van der Waals surface area (Å²) in [6.45, 7) is 9.63.